The molecule has 0 rings (SSSR count). The van der Waals surface area contributed by atoms with Gasteiger partial charge in [0.1, 0.15) is 0 Å². The Kier molecular flexibility index (Phi) is 55.6. The quantitative estimate of drug-likeness (QED) is 0.0377. The van der Waals surface area contributed by atoms with Gasteiger partial charge in [-0.3, -0.25) is 0 Å². The van der Waals surface area contributed by atoms with E-state index < -0.39 is 17.9 Å². The van der Waals surface area contributed by atoms with E-state index in [1.807, 2.05) is 0 Å². The maximum absolute atomic E-state index is 10.1. The first-order valence-corrected chi connectivity index (χ1v) is 19.9. The summed E-state index contributed by atoms with van der Waals surface area (Å²) in [5.41, 5.74) is 0. The zero-order valence-electron chi connectivity index (χ0n) is 32.0. The van der Waals surface area contributed by atoms with Crippen molar-refractivity contribution >= 4 is 17.9 Å². The predicted octanol–water partition coefficient (Wildman–Crippen LogP) is 9.64. The molecule has 0 N–H and O–H groups in total. The first-order valence-electron chi connectivity index (χ1n) is 19.9. The minimum Gasteiger partial charge on any atom is -0.550 e. The number of carbonyl (C=O) groups is 3. The van der Waals surface area contributed by atoms with Gasteiger partial charge < -0.3 is 29.7 Å². The molecule has 0 saturated heterocycles. The minimum atomic E-state index is -0.918. The SMILES string of the molecule is CCCC/C=C\CCCCCCCC(=O)[O-].CCCC/C=C\CCCCCCCC(=O)[O-].CCCC/C=C\CCCCCCCC(=O)[O-].[Fe+3]. The van der Waals surface area contributed by atoms with Gasteiger partial charge in [0, 0.05) is 17.9 Å². The van der Waals surface area contributed by atoms with Crippen molar-refractivity contribution in [1.29, 1.82) is 0 Å². The fraction of sp³-hybridized carbons (Fsp3) is 0.786. The molecule has 0 fully saturated rings. The molecule has 0 heterocycles. The Morgan fingerprint density at radius 3 is 0.714 bits per heavy atom. The number of carbonyl (C=O) groups excluding carboxylic acids is 3. The van der Waals surface area contributed by atoms with Crippen LogP contribution in [-0.2, 0) is 31.5 Å². The normalized spacial score (nSPS) is 10.8. The van der Waals surface area contributed by atoms with Crippen LogP contribution in [0.25, 0.3) is 0 Å². The molecule has 0 aliphatic rings. The van der Waals surface area contributed by atoms with Gasteiger partial charge in [-0.25, -0.2) is 0 Å². The molecule has 0 aliphatic carbocycles. The van der Waals surface area contributed by atoms with Gasteiger partial charge in [0.05, 0.1) is 0 Å². The molecule has 0 bridgehead atoms. The van der Waals surface area contributed by atoms with Crippen molar-refractivity contribution in [1.82, 2.24) is 0 Å². The molecule has 0 aromatic rings. The van der Waals surface area contributed by atoms with Crippen molar-refractivity contribution in [3.8, 4) is 0 Å². The third kappa shape index (κ3) is 65.2. The molecule has 6 nitrogen and oxygen atoms in total. The van der Waals surface area contributed by atoms with Gasteiger partial charge in [-0.1, -0.05) is 154 Å². The molecule has 49 heavy (non-hydrogen) atoms. The van der Waals surface area contributed by atoms with E-state index in [0.717, 1.165) is 57.8 Å². The summed E-state index contributed by atoms with van der Waals surface area (Å²) in [7, 11) is 0. The van der Waals surface area contributed by atoms with Gasteiger partial charge in [0.25, 0.3) is 0 Å². The van der Waals surface area contributed by atoms with Gasteiger partial charge in [-0.2, -0.15) is 0 Å². The van der Waals surface area contributed by atoms with Crippen LogP contribution >= 0.6 is 0 Å². The summed E-state index contributed by atoms with van der Waals surface area (Å²) in [6.07, 6.45) is 45.3. The van der Waals surface area contributed by atoms with Crippen LogP contribution in [0.3, 0.4) is 0 Å². The topological polar surface area (TPSA) is 120 Å². The summed E-state index contributed by atoms with van der Waals surface area (Å²) in [5.74, 6) is -2.75. The molecular weight excluding hydrogens is 656 g/mol. The number of hydrogen-bond acceptors (Lipinski definition) is 6. The van der Waals surface area contributed by atoms with E-state index in [1.165, 1.54) is 116 Å². The maximum atomic E-state index is 10.1. The summed E-state index contributed by atoms with van der Waals surface area (Å²) in [6, 6.07) is 0. The van der Waals surface area contributed by atoms with Gasteiger partial charge in [0.2, 0.25) is 0 Å². The Hall–Kier alpha value is -1.85. The first-order chi connectivity index (χ1) is 23.3. The van der Waals surface area contributed by atoms with Crippen molar-refractivity contribution in [3.05, 3.63) is 36.5 Å². The van der Waals surface area contributed by atoms with E-state index in [9.17, 15) is 29.7 Å². The van der Waals surface area contributed by atoms with Crippen molar-refractivity contribution in [2.75, 3.05) is 0 Å². The van der Waals surface area contributed by atoms with Crippen molar-refractivity contribution < 1.29 is 46.8 Å². The second kappa shape index (κ2) is 50.5. The molecule has 0 aromatic heterocycles. The first kappa shape index (κ1) is 53.9. The van der Waals surface area contributed by atoms with E-state index in [0.29, 0.717) is 0 Å². The summed E-state index contributed by atoms with van der Waals surface area (Å²) in [4.78, 5) is 30.4. The van der Waals surface area contributed by atoms with Crippen molar-refractivity contribution in [2.24, 2.45) is 0 Å². The van der Waals surface area contributed by atoms with E-state index in [2.05, 4.69) is 57.2 Å². The van der Waals surface area contributed by atoms with E-state index in [1.54, 1.807) is 0 Å². The van der Waals surface area contributed by atoms with Gasteiger partial charge in [-0.05, 0) is 96.3 Å². The zero-order chi connectivity index (χ0) is 36.2. The Morgan fingerprint density at radius 2 is 0.510 bits per heavy atom. The summed E-state index contributed by atoms with van der Waals surface area (Å²) in [5, 5.41) is 30.4. The van der Waals surface area contributed by atoms with Crippen LogP contribution in [0.15, 0.2) is 36.5 Å². The fourth-order valence-electron chi connectivity index (χ4n) is 4.86. The summed E-state index contributed by atoms with van der Waals surface area (Å²) >= 11 is 0. The third-order valence-corrected chi connectivity index (χ3v) is 7.93. The van der Waals surface area contributed by atoms with E-state index in [-0.39, 0.29) is 36.3 Å². The fourth-order valence-corrected chi connectivity index (χ4v) is 4.86. The molecule has 0 saturated carbocycles. The van der Waals surface area contributed by atoms with Crippen LogP contribution in [0.2, 0.25) is 0 Å². The van der Waals surface area contributed by atoms with E-state index in [4.69, 9.17) is 0 Å². The average Bonchev–Trinajstić information content (AvgIpc) is 3.05. The van der Waals surface area contributed by atoms with Gasteiger partial charge in [-0.15, -0.1) is 0 Å². The van der Waals surface area contributed by atoms with Crippen molar-refractivity contribution in [2.45, 2.75) is 213 Å². The Labute approximate surface area is 313 Å². The smallest absolute Gasteiger partial charge is 0.550 e. The molecule has 0 aliphatic heterocycles. The molecule has 0 unspecified atom stereocenters. The molecule has 287 valence electrons. The molecule has 0 atom stereocenters. The number of rotatable bonds is 33. The standard InChI is InChI=1S/3C14H26O2.Fe/c3*1-2-3-4-5-6-7-8-9-10-11-12-13-14(15)16;/h3*5-6H,2-4,7-13H2,1H3,(H,15,16);/q;;;+3/p-3/b3*6-5-;. The molecule has 0 amide bonds. The predicted molar refractivity (Wildman–Crippen MR) is 198 cm³/mol. The monoisotopic (exact) mass is 731 g/mol. The van der Waals surface area contributed by atoms with Crippen LogP contribution in [0.5, 0.6) is 0 Å². The van der Waals surface area contributed by atoms with Crippen LogP contribution < -0.4 is 15.3 Å². The number of aliphatic carboxylic acids is 3. The summed E-state index contributed by atoms with van der Waals surface area (Å²) in [6.45, 7) is 6.63. The zero-order valence-corrected chi connectivity index (χ0v) is 33.1. The number of carboxylic acids is 3. The van der Waals surface area contributed by atoms with Crippen LogP contribution in [0.4, 0.5) is 0 Å². The number of carboxylic acid groups (broad SMARTS) is 3. The second-order valence-corrected chi connectivity index (χ2v) is 12.9. The Bertz CT molecular complexity index is 662. The molecule has 7 heteroatoms. The largest absolute Gasteiger partial charge is 3.00 e. The van der Waals surface area contributed by atoms with Crippen LogP contribution in [-0.4, -0.2) is 17.9 Å². The van der Waals surface area contributed by atoms with Crippen LogP contribution in [0, 0.1) is 0 Å². The van der Waals surface area contributed by atoms with E-state index >= 15 is 0 Å². The Morgan fingerprint density at radius 1 is 0.327 bits per heavy atom. The van der Waals surface area contributed by atoms with Crippen molar-refractivity contribution in [3.63, 3.8) is 0 Å². The third-order valence-electron chi connectivity index (χ3n) is 7.93. The maximum Gasteiger partial charge on any atom is 3.00 e. The number of hydrogen-bond donors (Lipinski definition) is 0. The average molecular weight is 732 g/mol. The molecular formula is C42H75FeO6. The number of allylic oxidation sites excluding steroid dienone is 6. The minimum absolute atomic E-state index is 0. The second-order valence-electron chi connectivity index (χ2n) is 12.9. The van der Waals surface area contributed by atoms with Crippen LogP contribution in [0.1, 0.15) is 213 Å². The molecule has 0 aromatic carbocycles. The molecule has 0 spiro atoms. The Balaban J connectivity index is -0.000000307. The summed E-state index contributed by atoms with van der Waals surface area (Å²) < 4.78 is 0. The number of unbranched alkanes of at least 4 members (excludes halogenated alkanes) is 21. The van der Waals surface area contributed by atoms with Gasteiger partial charge in [0.15, 0.2) is 0 Å². The van der Waals surface area contributed by atoms with Gasteiger partial charge >= 0.3 is 17.1 Å². The molecule has 1 radical (unpaired) electrons.